The Hall–Kier alpha value is -1.69. The van der Waals surface area contributed by atoms with Crippen LogP contribution in [-0.2, 0) is 5.41 Å². The summed E-state index contributed by atoms with van der Waals surface area (Å²) in [6, 6.07) is 1.77. The highest BCUT2D eigenvalue weighted by molar-refractivity contribution is 7.13. The molecule has 0 saturated carbocycles. The minimum absolute atomic E-state index is 0.0489. The van der Waals surface area contributed by atoms with Gasteiger partial charge in [0.1, 0.15) is 0 Å². The minimum Gasteiger partial charge on any atom is -0.296 e. The van der Waals surface area contributed by atoms with Gasteiger partial charge < -0.3 is 0 Å². The Bertz CT molecular complexity index is 510. The van der Waals surface area contributed by atoms with Crippen molar-refractivity contribution in [3.63, 3.8) is 0 Å². The zero-order valence-corrected chi connectivity index (χ0v) is 10.8. The van der Waals surface area contributed by atoms with Crippen LogP contribution in [0.1, 0.15) is 37.0 Å². The van der Waals surface area contributed by atoms with E-state index in [1.165, 1.54) is 11.3 Å². The molecule has 0 unspecified atom stereocenters. The Labute approximate surface area is 103 Å². The van der Waals surface area contributed by atoms with E-state index >= 15 is 0 Å². The molecule has 0 aliphatic heterocycles. The third-order valence-electron chi connectivity index (χ3n) is 2.27. The van der Waals surface area contributed by atoms with Crippen LogP contribution in [0.15, 0.2) is 17.6 Å². The molecular formula is C11H14N4OS. The molecule has 5 nitrogen and oxygen atoms in total. The summed E-state index contributed by atoms with van der Waals surface area (Å²) in [6.07, 6.45) is 1.64. The topological polar surface area (TPSA) is 70.7 Å². The van der Waals surface area contributed by atoms with Crippen LogP contribution in [-0.4, -0.2) is 21.1 Å². The van der Waals surface area contributed by atoms with Gasteiger partial charge in [0.05, 0.1) is 0 Å². The number of H-pyrrole nitrogens is 1. The van der Waals surface area contributed by atoms with E-state index in [0.29, 0.717) is 10.8 Å². The van der Waals surface area contributed by atoms with E-state index < -0.39 is 0 Å². The summed E-state index contributed by atoms with van der Waals surface area (Å²) in [4.78, 5) is 15.8. The predicted octanol–water partition coefficient (Wildman–Crippen LogP) is 2.42. The van der Waals surface area contributed by atoms with Crippen molar-refractivity contribution in [3.05, 3.63) is 29.0 Å². The molecule has 0 aliphatic rings. The first-order valence-electron chi connectivity index (χ1n) is 5.23. The zero-order valence-electron chi connectivity index (χ0n) is 9.94. The summed E-state index contributed by atoms with van der Waals surface area (Å²) < 4.78 is 0. The lowest BCUT2D eigenvalue weighted by Crippen LogP contribution is -2.12. The van der Waals surface area contributed by atoms with Gasteiger partial charge in [0.2, 0.25) is 0 Å². The number of anilines is 1. The molecule has 0 bridgehead atoms. The Morgan fingerprint density at radius 2 is 2.24 bits per heavy atom. The first-order valence-corrected chi connectivity index (χ1v) is 6.11. The van der Waals surface area contributed by atoms with E-state index in [1.807, 2.05) is 0 Å². The molecule has 17 heavy (non-hydrogen) atoms. The van der Waals surface area contributed by atoms with E-state index in [0.717, 1.165) is 5.69 Å². The smallest absolute Gasteiger partial charge is 0.277 e. The number of nitrogens with zero attached hydrogens (tertiary/aromatic N) is 2. The first-order chi connectivity index (χ1) is 7.97. The molecule has 6 heteroatoms. The molecule has 2 rings (SSSR count). The highest BCUT2D eigenvalue weighted by Gasteiger charge is 2.19. The monoisotopic (exact) mass is 250 g/mol. The van der Waals surface area contributed by atoms with Crippen LogP contribution in [0.25, 0.3) is 0 Å². The number of aromatic amines is 1. The van der Waals surface area contributed by atoms with Crippen LogP contribution < -0.4 is 5.32 Å². The second-order valence-electron chi connectivity index (χ2n) is 4.71. The van der Waals surface area contributed by atoms with Gasteiger partial charge in [0.15, 0.2) is 10.8 Å². The van der Waals surface area contributed by atoms with Gasteiger partial charge in [-0.05, 0) is 6.07 Å². The van der Waals surface area contributed by atoms with Crippen molar-refractivity contribution in [1.29, 1.82) is 0 Å². The van der Waals surface area contributed by atoms with Crippen LogP contribution in [0.4, 0.5) is 5.13 Å². The summed E-state index contributed by atoms with van der Waals surface area (Å²) in [5.74, 6) is -0.244. The van der Waals surface area contributed by atoms with Crippen LogP contribution in [0, 0.1) is 0 Å². The van der Waals surface area contributed by atoms with Gasteiger partial charge in [-0.2, -0.15) is 5.10 Å². The van der Waals surface area contributed by atoms with Crippen LogP contribution >= 0.6 is 11.3 Å². The Morgan fingerprint density at radius 3 is 2.76 bits per heavy atom. The molecule has 2 aromatic heterocycles. The molecule has 2 heterocycles. The van der Waals surface area contributed by atoms with Crippen molar-refractivity contribution in [3.8, 4) is 0 Å². The van der Waals surface area contributed by atoms with E-state index in [2.05, 4.69) is 41.3 Å². The maximum atomic E-state index is 11.8. The molecule has 0 aromatic carbocycles. The van der Waals surface area contributed by atoms with Gasteiger partial charge in [0, 0.05) is 22.7 Å². The van der Waals surface area contributed by atoms with E-state index in [1.54, 1.807) is 17.6 Å². The maximum absolute atomic E-state index is 11.8. The standard InChI is InChI=1S/C11H14N4OS/c1-11(2,3)8-6-7(14-15-8)9(16)13-10-12-4-5-17-10/h4-6H,1-3H3,(H,14,15)(H,12,13,16). The summed E-state index contributed by atoms with van der Waals surface area (Å²) in [7, 11) is 0. The Morgan fingerprint density at radius 1 is 1.47 bits per heavy atom. The maximum Gasteiger partial charge on any atom is 0.277 e. The van der Waals surface area contributed by atoms with Crippen molar-refractivity contribution in [2.24, 2.45) is 0 Å². The molecule has 0 saturated heterocycles. The number of thiazole rings is 1. The Kier molecular flexibility index (Phi) is 2.97. The van der Waals surface area contributed by atoms with E-state index in [9.17, 15) is 4.79 Å². The first kappa shape index (κ1) is 11.8. The highest BCUT2D eigenvalue weighted by Crippen LogP contribution is 2.20. The molecule has 0 fully saturated rings. The fourth-order valence-electron chi connectivity index (χ4n) is 1.27. The number of rotatable bonds is 2. The van der Waals surface area contributed by atoms with Gasteiger partial charge in [-0.25, -0.2) is 4.98 Å². The van der Waals surface area contributed by atoms with Crippen LogP contribution in [0.2, 0.25) is 0 Å². The number of hydrogen-bond acceptors (Lipinski definition) is 4. The van der Waals surface area contributed by atoms with Gasteiger partial charge in [-0.15, -0.1) is 11.3 Å². The van der Waals surface area contributed by atoms with E-state index in [-0.39, 0.29) is 11.3 Å². The van der Waals surface area contributed by atoms with Gasteiger partial charge in [-0.3, -0.25) is 15.2 Å². The normalized spacial score (nSPS) is 11.5. The van der Waals surface area contributed by atoms with Gasteiger partial charge >= 0.3 is 0 Å². The second-order valence-corrected chi connectivity index (χ2v) is 5.60. The molecule has 2 aromatic rings. The molecule has 0 radical (unpaired) electrons. The summed E-state index contributed by atoms with van der Waals surface area (Å²) in [6.45, 7) is 6.18. The lowest BCUT2D eigenvalue weighted by molar-refractivity contribution is 0.102. The Balaban J connectivity index is 2.13. The number of nitrogens with one attached hydrogen (secondary N) is 2. The number of aromatic nitrogens is 3. The van der Waals surface area contributed by atoms with Crippen LogP contribution in [0.5, 0.6) is 0 Å². The second kappa shape index (κ2) is 4.29. The molecule has 0 aliphatic carbocycles. The average molecular weight is 250 g/mol. The van der Waals surface area contributed by atoms with Gasteiger partial charge in [-0.1, -0.05) is 20.8 Å². The average Bonchev–Trinajstić information content (AvgIpc) is 2.85. The minimum atomic E-state index is -0.244. The summed E-state index contributed by atoms with van der Waals surface area (Å²) in [5, 5.41) is 12.0. The molecule has 0 spiro atoms. The van der Waals surface area contributed by atoms with Crippen molar-refractivity contribution < 1.29 is 4.79 Å². The molecule has 2 N–H and O–H groups in total. The molecule has 90 valence electrons. The summed E-state index contributed by atoms with van der Waals surface area (Å²) in [5.41, 5.74) is 1.26. The fourth-order valence-corrected chi connectivity index (χ4v) is 1.79. The predicted molar refractivity (Wildman–Crippen MR) is 67.4 cm³/mol. The molecular weight excluding hydrogens is 236 g/mol. The quantitative estimate of drug-likeness (QED) is 0.859. The fraction of sp³-hybridized carbons (Fsp3) is 0.364. The van der Waals surface area contributed by atoms with Crippen molar-refractivity contribution in [2.45, 2.75) is 26.2 Å². The van der Waals surface area contributed by atoms with Crippen LogP contribution in [0.3, 0.4) is 0 Å². The third-order valence-corrected chi connectivity index (χ3v) is 2.96. The number of carbonyl (C=O) groups excluding carboxylic acids is 1. The number of carbonyl (C=O) groups is 1. The molecule has 1 amide bonds. The highest BCUT2D eigenvalue weighted by atomic mass is 32.1. The third kappa shape index (κ3) is 2.71. The SMILES string of the molecule is CC(C)(C)c1cc(C(=O)Nc2nccs2)n[nH]1. The largest absolute Gasteiger partial charge is 0.296 e. The summed E-state index contributed by atoms with van der Waals surface area (Å²) >= 11 is 1.38. The lowest BCUT2D eigenvalue weighted by Gasteiger charge is -2.14. The number of hydrogen-bond donors (Lipinski definition) is 2. The lowest BCUT2D eigenvalue weighted by atomic mass is 9.92. The van der Waals surface area contributed by atoms with Crippen molar-refractivity contribution >= 4 is 22.4 Å². The van der Waals surface area contributed by atoms with Crippen molar-refractivity contribution in [2.75, 3.05) is 5.32 Å². The van der Waals surface area contributed by atoms with Crippen molar-refractivity contribution in [1.82, 2.24) is 15.2 Å². The van der Waals surface area contributed by atoms with E-state index in [4.69, 9.17) is 0 Å². The number of amides is 1. The molecule has 0 atom stereocenters. The zero-order chi connectivity index (χ0) is 12.5. The van der Waals surface area contributed by atoms with Gasteiger partial charge in [0.25, 0.3) is 5.91 Å².